The molecule has 27 heavy (non-hydrogen) atoms. The van der Waals surface area contributed by atoms with Gasteiger partial charge >= 0.3 is 0 Å². The minimum Gasteiger partial charge on any atom is -0.496 e. The van der Waals surface area contributed by atoms with Crippen LogP contribution in [0.5, 0.6) is 5.75 Å². The molecule has 5 nitrogen and oxygen atoms in total. The Bertz CT molecular complexity index is 893. The number of benzene rings is 2. The monoisotopic (exact) mass is 381 g/mol. The second kappa shape index (κ2) is 9.37. The van der Waals surface area contributed by atoms with Gasteiger partial charge in [-0.15, -0.1) is 10.2 Å². The Kier molecular flexibility index (Phi) is 6.65. The minimum atomic E-state index is 0.183. The molecule has 0 unspecified atom stereocenters. The highest BCUT2D eigenvalue weighted by Gasteiger charge is 2.16. The molecule has 0 amide bonds. The highest BCUT2D eigenvalue weighted by Crippen LogP contribution is 2.31. The molecule has 3 rings (SSSR count). The predicted octanol–water partition coefficient (Wildman–Crippen LogP) is 4.73. The van der Waals surface area contributed by atoms with Crippen molar-refractivity contribution in [1.29, 1.82) is 0 Å². The Labute approximate surface area is 163 Å². The smallest absolute Gasteiger partial charge is 0.191 e. The number of nitrogens with zero attached hydrogens (tertiary/aromatic N) is 3. The number of carbonyl (C=O) groups excluding carboxylic acids is 1. The molecule has 0 aliphatic rings. The summed E-state index contributed by atoms with van der Waals surface area (Å²) in [6, 6.07) is 17.3. The third-order valence-electron chi connectivity index (χ3n) is 4.26. The molecule has 0 saturated heterocycles. The Morgan fingerprint density at radius 2 is 1.81 bits per heavy atom. The van der Waals surface area contributed by atoms with Crippen LogP contribution in [0.15, 0.2) is 59.8 Å². The Balaban J connectivity index is 1.63. The van der Waals surface area contributed by atoms with Crippen LogP contribution in [0.3, 0.4) is 0 Å². The van der Waals surface area contributed by atoms with Gasteiger partial charge in [-0.1, -0.05) is 54.2 Å². The predicted molar refractivity (Wildman–Crippen MR) is 108 cm³/mol. The van der Waals surface area contributed by atoms with Crippen molar-refractivity contribution in [1.82, 2.24) is 14.8 Å². The summed E-state index contributed by atoms with van der Waals surface area (Å²) in [5.41, 5.74) is 1.71. The summed E-state index contributed by atoms with van der Waals surface area (Å²) in [6.45, 7) is 2.84. The largest absolute Gasteiger partial charge is 0.496 e. The van der Waals surface area contributed by atoms with Gasteiger partial charge in [0.2, 0.25) is 0 Å². The summed E-state index contributed by atoms with van der Waals surface area (Å²) in [5, 5.41) is 9.59. The lowest BCUT2D eigenvalue weighted by Crippen LogP contribution is -2.02. The number of para-hydroxylation sites is 1. The summed E-state index contributed by atoms with van der Waals surface area (Å²) in [7, 11) is 1.66. The number of Topliss-reactive ketones (excluding diaryl/α,β-unsaturated/α-hetero) is 1. The van der Waals surface area contributed by atoms with E-state index in [4.69, 9.17) is 4.74 Å². The van der Waals surface area contributed by atoms with Gasteiger partial charge in [0.1, 0.15) is 5.75 Å². The van der Waals surface area contributed by atoms with E-state index in [9.17, 15) is 4.79 Å². The number of hydrogen-bond acceptors (Lipinski definition) is 5. The molecule has 0 saturated carbocycles. The first-order chi connectivity index (χ1) is 13.2. The molecule has 1 heterocycles. The number of carbonyl (C=O) groups is 1. The third kappa shape index (κ3) is 4.57. The van der Waals surface area contributed by atoms with Crippen molar-refractivity contribution in [3.05, 3.63) is 60.2 Å². The molecule has 0 bridgehead atoms. The molecule has 0 aliphatic heterocycles. The summed E-state index contributed by atoms with van der Waals surface area (Å²) >= 11 is 1.63. The van der Waals surface area contributed by atoms with Crippen LogP contribution < -0.4 is 4.74 Å². The van der Waals surface area contributed by atoms with E-state index in [0.717, 1.165) is 46.6 Å². The Morgan fingerprint density at radius 1 is 1.07 bits per heavy atom. The Morgan fingerprint density at radius 3 is 2.56 bits per heavy atom. The van der Waals surface area contributed by atoms with Gasteiger partial charge in [0, 0.05) is 24.3 Å². The molecule has 3 aromatic rings. The summed E-state index contributed by atoms with van der Waals surface area (Å²) in [4.78, 5) is 12.2. The lowest BCUT2D eigenvalue weighted by molar-refractivity contribution is 0.0982. The molecule has 0 atom stereocenters. The van der Waals surface area contributed by atoms with E-state index in [-0.39, 0.29) is 5.78 Å². The minimum absolute atomic E-state index is 0.183. The molecule has 0 radical (unpaired) electrons. The van der Waals surface area contributed by atoms with Crippen molar-refractivity contribution in [3.63, 3.8) is 0 Å². The number of aromatic nitrogens is 3. The number of rotatable bonds is 9. The highest BCUT2D eigenvalue weighted by atomic mass is 32.2. The highest BCUT2D eigenvalue weighted by molar-refractivity contribution is 7.99. The molecule has 6 heteroatoms. The van der Waals surface area contributed by atoms with Crippen LogP contribution in [-0.4, -0.2) is 33.4 Å². The van der Waals surface area contributed by atoms with Gasteiger partial charge in [-0.05, 0) is 25.5 Å². The molecule has 2 aromatic carbocycles. The zero-order valence-corrected chi connectivity index (χ0v) is 16.4. The second-order valence-electron chi connectivity index (χ2n) is 5.99. The number of ketones is 1. The fraction of sp³-hybridized carbons (Fsp3) is 0.286. The van der Waals surface area contributed by atoms with Crippen molar-refractivity contribution in [3.8, 4) is 17.1 Å². The van der Waals surface area contributed by atoms with E-state index < -0.39 is 0 Å². The fourth-order valence-electron chi connectivity index (χ4n) is 2.87. The zero-order chi connectivity index (χ0) is 19.1. The van der Waals surface area contributed by atoms with Crippen LogP contribution in [0.1, 0.15) is 30.1 Å². The van der Waals surface area contributed by atoms with E-state index in [1.807, 2.05) is 54.6 Å². The van der Waals surface area contributed by atoms with E-state index in [1.165, 1.54) is 0 Å². The first kappa shape index (κ1) is 19.2. The van der Waals surface area contributed by atoms with E-state index >= 15 is 0 Å². The molecule has 0 spiro atoms. The number of ether oxygens (including phenoxy) is 1. The molecular weight excluding hydrogens is 358 g/mol. The van der Waals surface area contributed by atoms with Crippen LogP contribution in [0.2, 0.25) is 0 Å². The SMILES string of the molecule is CCn1c(SCCCC(=O)c2ccccc2)nnc1-c1ccccc1OC. The topological polar surface area (TPSA) is 57.0 Å². The lowest BCUT2D eigenvalue weighted by Gasteiger charge is -2.10. The molecule has 140 valence electrons. The summed E-state index contributed by atoms with van der Waals surface area (Å²) < 4.78 is 7.53. The average Bonchev–Trinajstić information content (AvgIpc) is 3.14. The quantitative estimate of drug-likeness (QED) is 0.305. The van der Waals surface area contributed by atoms with E-state index in [2.05, 4.69) is 21.7 Å². The lowest BCUT2D eigenvalue weighted by atomic mass is 10.1. The zero-order valence-electron chi connectivity index (χ0n) is 15.6. The summed E-state index contributed by atoms with van der Waals surface area (Å²) in [6.07, 6.45) is 1.34. The number of thioether (sulfide) groups is 1. The van der Waals surface area contributed by atoms with Crippen molar-refractivity contribution < 1.29 is 9.53 Å². The van der Waals surface area contributed by atoms with Crippen molar-refractivity contribution in [2.45, 2.75) is 31.5 Å². The maximum atomic E-state index is 12.2. The first-order valence-corrected chi connectivity index (χ1v) is 10.0. The van der Waals surface area contributed by atoms with Crippen LogP contribution in [0.25, 0.3) is 11.4 Å². The van der Waals surface area contributed by atoms with Gasteiger partial charge in [-0.2, -0.15) is 0 Å². The van der Waals surface area contributed by atoms with Gasteiger partial charge < -0.3 is 9.30 Å². The first-order valence-electron chi connectivity index (χ1n) is 9.02. The second-order valence-corrected chi connectivity index (χ2v) is 7.05. The van der Waals surface area contributed by atoms with Crippen LogP contribution in [-0.2, 0) is 6.54 Å². The van der Waals surface area contributed by atoms with Crippen molar-refractivity contribution in [2.24, 2.45) is 0 Å². The fourth-order valence-corrected chi connectivity index (χ4v) is 3.81. The normalized spacial score (nSPS) is 10.7. The van der Waals surface area contributed by atoms with Crippen molar-refractivity contribution in [2.75, 3.05) is 12.9 Å². The molecule has 0 N–H and O–H groups in total. The van der Waals surface area contributed by atoms with Gasteiger partial charge in [-0.25, -0.2) is 0 Å². The molecule has 0 aliphatic carbocycles. The standard InChI is InChI=1S/C21H23N3O2S/c1-3-24-20(17-12-7-8-14-19(17)26-2)22-23-21(24)27-15-9-13-18(25)16-10-5-4-6-11-16/h4-8,10-12,14H,3,9,13,15H2,1-2H3. The maximum absolute atomic E-state index is 12.2. The van der Waals surface area contributed by atoms with E-state index in [1.54, 1.807) is 18.9 Å². The van der Waals surface area contributed by atoms with E-state index in [0.29, 0.717) is 6.42 Å². The number of hydrogen-bond donors (Lipinski definition) is 0. The average molecular weight is 382 g/mol. The van der Waals surface area contributed by atoms with Gasteiger partial charge in [0.05, 0.1) is 12.7 Å². The van der Waals surface area contributed by atoms with Crippen LogP contribution >= 0.6 is 11.8 Å². The van der Waals surface area contributed by atoms with Crippen LogP contribution in [0, 0.1) is 0 Å². The third-order valence-corrected chi connectivity index (χ3v) is 5.31. The number of methoxy groups -OCH3 is 1. The summed E-state index contributed by atoms with van der Waals surface area (Å²) in [5.74, 6) is 2.59. The van der Waals surface area contributed by atoms with Crippen molar-refractivity contribution >= 4 is 17.5 Å². The Hall–Kier alpha value is -2.60. The molecular formula is C21H23N3O2S. The van der Waals surface area contributed by atoms with Gasteiger partial charge in [-0.3, -0.25) is 4.79 Å². The molecule has 1 aromatic heterocycles. The van der Waals surface area contributed by atoms with Gasteiger partial charge in [0.15, 0.2) is 16.8 Å². The van der Waals surface area contributed by atoms with Gasteiger partial charge in [0.25, 0.3) is 0 Å². The van der Waals surface area contributed by atoms with Crippen LogP contribution in [0.4, 0.5) is 0 Å². The molecule has 0 fully saturated rings. The maximum Gasteiger partial charge on any atom is 0.191 e.